The van der Waals surface area contributed by atoms with Gasteiger partial charge in [0.1, 0.15) is 0 Å². The van der Waals surface area contributed by atoms with Gasteiger partial charge >= 0.3 is 5.91 Å². The first-order valence-corrected chi connectivity index (χ1v) is 11.0. The summed E-state index contributed by atoms with van der Waals surface area (Å²) in [5.41, 5.74) is 6.48. The number of benzene rings is 3. The maximum atomic E-state index is 12.9. The Morgan fingerprint density at radius 2 is 1.66 bits per heavy atom. The van der Waals surface area contributed by atoms with Crippen molar-refractivity contribution in [2.45, 2.75) is 31.8 Å². The predicted molar refractivity (Wildman–Crippen MR) is 126 cm³/mol. The quantitative estimate of drug-likeness (QED) is 0.567. The van der Waals surface area contributed by atoms with E-state index < -0.39 is 12.1 Å². The third-order valence-corrected chi connectivity index (χ3v) is 5.81. The highest BCUT2D eigenvalue weighted by molar-refractivity contribution is 6.30. The second-order valence-electron chi connectivity index (χ2n) is 8.15. The van der Waals surface area contributed by atoms with Crippen LogP contribution in [0.25, 0.3) is 0 Å². The smallest absolute Gasteiger partial charge is 0.304 e. The van der Waals surface area contributed by atoms with Crippen LogP contribution in [0.5, 0.6) is 0 Å². The Balaban J connectivity index is 1.66. The zero-order valence-corrected chi connectivity index (χ0v) is 18.7. The van der Waals surface area contributed by atoms with Crippen LogP contribution in [0.4, 0.5) is 0 Å². The molecule has 0 unspecified atom stereocenters. The molecule has 0 spiro atoms. The van der Waals surface area contributed by atoms with E-state index in [1.165, 1.54) is 5.56 Å². The summed E-state index contributed by atoms with van der Waals surface area (Å²) in [6, 6.07) is 23.3. The molecule has 0 bridgehead atoms. The van der Waals surface area contributed by atoms with Gasteiger partial charge in [-0.15, -0.1) is 10.1 Å². The maximum Gasteiger partial charge on any atom is 0.304 e. The molecule has 32 heavy (non-hydrogen) atoms. The van der Waals surface area contributed by atoms with E-state index in [1.807, 2.05) is 48.7 Å². The molecule has 0 aromatic heterocycles. The van der Waals surface area contributed by atoms with E-state index in [4.69, 9.17) is 11.6 Å². The van der Waals surface area contributed by atoms with Gasteiger partial charge in [-0.3, -0.25) is 9.59 Å². The number of carbonyl (C=O) groups excluding carboxylic acids is 2. The van der Waals surface area contributed by atoms with E-state index in [0.717, 1.165) is 11.1 Å². The molecule has 5 nitrogen and oxygen atoms in total. The van der Waals surface area contributed by atoms with Crippen LogP contribution in [0.3, 0.4) is 0 Å². The fourth-order valence-corrected chi connectivity index (χ4v) is 3.91. The Morgan fingerprint density at radius 1 is 1.00 bits per heavy atom. The van der Waals surface area contributed by atoms with Crippen molar-refractivity contribution >= 4 is 29.6 Å². The predicted octanol–water partition coefficient (Wildman–Crippen LogP) is 4.48. The van der Waals surface area contributed by atoms with Gasteiger partial charge in [-0.2, -0.15) is 0 Å². The van der Waals surface area contributed by atoms with Crippen LogP contribution >= 0.6 is 11.6 Å². The first kappa shape index (κ1) is 21.8. The van der Waals surface area contributed by atoms with Crippen molar-refractivity contribution < 1.29 is 14.3 Å². The highest BCUT2D eigenvalue weighted by Gasteiger charge is 2.47. The number of rotatable bonds is 5. The number of carbonyl (C=O) groups is 2. The number of amides is 2. The second-order valence-corrected chi connectivity index (χ2v) is 8.58. The van der Waals surface area contributed by atoms with Gasteiger partial charge < -0.3 is 5.32 Å². The number of halogens is 1. The van der Waals surface area contributed by atoms with Crippen molar-refractivity contribution in [3.63, 3.8) is 0 Å². The Bertz CT molecular complexity index is 1140. The molecule has 1 aliphatic rings. The Labute approximate surface area is 192 Å². The lowest BCUT2D eigenvalue weighted by Gasteiger charge is -2.14. The fourth-order valence-electron chi connectivity index (χ4n) is 3.78. The Hall–Kier alpha value is -3.44. The van der Waals surface area contributed by atoms with Crippen molar-refractivity contribution in [3.05, 3.63) is 106 Å². The largest absolute Gasteiger partial charge is 0.334 e. The van der Waals surface area contributed by atoms with E-state index in [1.54, 1.807) is 28.9 Å². The van der Waals surface area contributed by atoms with Crippen LogP contribution in [0.1, 0.15) is 52.9 Å². The number of hydrazine groups is 1. The molecule has 2 amide bonds. The lowest BCUT2D eigenvalue weighted by Crippen LogP contribution is -2.42. The van der Waals surface area contributed by atoms with Gasteiger partial charge in [0.05, 0.1) is 0 Å². The van der Waals surface area contributed by atoms with Gasteiger partial charge in [0.15, 0.2) is 6.04 Å². The third-order valence-electron chi connectivity index (χ3n) is 5.56. The van der Waals surface area contributed by atoms with E-state index in [0.29, 0.717) is 16.5 Å². The van der Waals surface area contributed by atoms with Gasteiger partial charge in [0.25, 0.3) is 5.91 Å². The molecular formula is C26H25ClN3O2+. The summed E-state index contributed by atoms with van der Waals surface area (Å²) in [6.45, 7) is 4.30. The van der Waals surface area contributed by atoms with Crippen LogP contribution in [-0.4, -0.2) is 28.8 Å². The molecule has 162 valence electrons. The minimum absolute atomic E-state index is 0.267. The minimum Gasteiger partial charge on any atom is -0.334 e. The lowest BCUT2D eigenvalue weighted by molar-refractivity contribution is -0.596. The molecule has 1 aliphatic heterocycles. The van der Waals surface area contributed by atoms with E-state index in [-0.39, 0.29) is 11.8 Å². The van der Waals surface area contributed by atoms with Gasteiger partial charge in [0, 0.05) is 21.7 Å². The summed E-state index contributed by atoms with van der Waals surface area (Å²) in [5.74, 6) is -0.151. The van der Waals surface area contributed by atoms with Crippen LogP contribution in [0, 0.1) is 0 Å². The van der Waals surface area contributed by atoms with Crippen LogP contribution < -0.4 is 10.7 Å². The average molecular weight is 447 g/mol. The Kier molecular flexibility index (Phi) is 6.37. The molecule has 0 saturated carbocycles. The highest BCUT2D eigenvalue weighted by Crippen LogP contribution is 2.25. The van der Waals surface area contributed by atoms with Crippen LogP contribution in [-0.2, 0) is 4.79 Å². The molecule has 1 fully saturated rings. The van der Waals surface area contributed by atoms with Crippen molar-refractivity contribution in [2.75, 3.05) is 0 Å². The van der Waals surface area contributed by atoms with Gasteiger partial charge in [0.2, 0.25) is 12.3 Å². The standard InChI is InChI=1S/C26H24ClN3O2/c1-17(2)19-10-8-18(9-11-19)16-30-24(20-6-4-3-5-7-20)23(26(32)29-30)28-25(31)21-12-14-22(27)15-13-21/h3-17,23-24H,1-2H3,(H-,28,29,31,32)/p+1/b30-16-/t23-,24+/m0/s1. The molecule has 2 N–H and O–H groups in total. The van der Waals surface area contributed by atoms with Crippen molar-refractivity contribution in [3.8, 4) is 0 Å². The third kappa shape index (κ3) is 4.73. The number of hydrogen-bond donors (Lipinski definition) is 2. The molecule has 1 saturated heterocycles. The summed E-state index contributed by atoms with van der Waals surface area (Å²) in [4.78, 5) is 25.8. The topological polar surface area (TPSA) is 61.2 Å². The zero-order valence-electron chi connectivity index (χ0n) is 18.0. The number of hydrogen-bond acceptors (Lipinski definition) is 2. The highest BCUT2D eigenvalue weighted by atomic mass is 35.5. The second kappa shape index (κ2) is 9.37. The molecule has 3 aromatic rings. The summed E-state index contributed by atoms with van der Waals surface area (Å²) >= 11 is 5.93. The molecule has 2 atom stereocenters. The van der Waals surface area contributed by atoms with Gasteiger partial charge in [-0.1, -0.05) is 67.9 Å². The fraction of sp³-hybridized carbons (Fsp3) is 0.192. The SMILES string of the molecule is CC(C)c1ccc(/C=[N+]2\NC(=O)[C@@H](NC(=O)c3ccc(Cl)cc3)[C@H]2c2ccccc2)cc1. The van der Waals surface area contributed by atoms with E-state index >= 15 is 0 Å². The molecule has 1 heterocycles. The summed E-state index contributed by atoms with van der Waals surface area (Å²) in [7, 11) is 0. The minimum atomic E-state index is -0.758. The van der Waals surface area contributed by atoms with Crippen molar-refractivity contribution in [2.24, 2.45) is 0 Å². The summed E-state index contributed by atoms with van der Waals surface area (Å²) in [6.07, 6.45) is 1.90. The van der Waals surface area contributed by atoms with Crippen LogP contribution in [0.15, 0.2) is 78.9 Å². The molecule has 0 radical (unpaired) electrons. The lowest BCUT2D eigenvalue weighted by atomic mass is 9.99. The average Bonchev–Trinajstić information content (AvgIpc) is 3.09. The van der Waals surface area contributed by atoms with Crippen LogP contribution in [0.2, 0.25) is 5.02 Å². The number of nitrogens with one attached hydrogen (secondary N) is 2. The summed E-state index contributed by atoms with van der Waals surface area (Å²) < 4.78 is 1.77. The molecule has 6 heteroatoms. The number of hydrazone groups is 1. The molecule has 3 aromatic carbocycles. The van der Waals surface area contributed by atoms with Gasteiger partial charge in [-0.25, -0.2) is 0 Å². The molecule has 4 rings (SSSR count). The number of nitrogens with zero attached hydrogens (tertiary/aromatic N) is 1. The molecule has 0 aliphatic carbocycles. The summed E-state index contributed by atoms with van der Waals surface area (Å²) in [5, 5.41) is 3.44. The van der Waals surface area contributed by atoms with Gasteiger partial charge in [-0.05, 0) is 47.9 Å². The Morgan fingerprint density at radius 3 is 2.28 bits per heavy atom. The maximum absolute atomic E-state index is 12.9. The van der Waals surface area contributed by atoms with E-state index in [2.05, 4.69) is 36.7 Å². The van der Waals surface area contributed by atoms with Crippen molar-refractivity contribution in [1.82, 2.24) is 10.7 Å². The first-order valence-electron chi connectivity index (χ1n) is 10.6. The first-order chi connectivity index (χ1) is 15.4. The molecular weight excluding hydrogens is 422 g/mol. The normalized spacial score (nSPS) is 19.2. The monoisotopic (exact) mass is 446 g/mol. The zero-order chi connectivity index (χ0) is 22.7. The van der Waals surface area contributed by atoms with Crippen molar-refractivity contribution in [1.29, 1.82) is 0 Å². The van der Waals surface area contributed by atoms with E-state index in [9.17, 15) is 9.59 Å².